The first kappa shape index (κ1) is 6.05. The van der Waals surface area contributed by atoms with Gasteiger partial charge in [-0.1, -0.05) is 0 Å². The minimum Gasteiger partial charge on any atom is -0.310 e. The Morgan fingerprint density at radius 1 is 1.11 bits per heavy atom. The smallest absolute Gasteiger partial charge is 0.0161 e. The second kappa shape index (κ2) is 2.51. The van der Waals surface area contributed by atoms with Gasteiger partial charge >= 0.3 is 0 Å². The third-order valence-electron chi connectivity index (χ3n) is 2.26. The molecule has 2 bridgehead atoms. The molecule has 2 aliphatic rings. The summed E-state index contributed by atoms with van der Waals surface area (Å²) >= 11 is 2.12. The predicted molar refractivity (Wildman–Crippen MR) is 41.9 cm³/mol. The molecule has 9 heavy (non-hydrogen) atoms. The van der Waals surface area contributed by atoms with E-state index in [2.05, 4.69) is 17.1 Å². The van der Waals surface area contributed by atoms with Gasteiger partial charge < -0.3 is 5.32 Å². The van der Waals surface area contributed by atoms with E-state index in [1.165, 1.54) is 30.8 Å². The number of nitrogens with one attached hydrogen (secondary N) is 1. The van der Waals surface area contributed by atoms with Crippen LogP contribution in [0.5, 0.6) is 0 Å². The molecule has 2 rings (SSSR count). The molecule has 2 heterocycles. The summed E-state index contributed by atoms with van der Waals surface area (Å²) < 4.78 is 0. The van der Waals surface area contributed by atoms with Gasteiger partial charge in [-0.15, -0.1) is 0 Å². The third kappa shape index (κ3) is 1.24. The van der Waals surface area contributed by atoms with Crippen molar-refractivity contribution >= 4 is 11.8 Å². The minimum atomic E-state index is 0.863. The van der Waals surface area contributed by atoms with Gasteiger partial charge in [0.15, 0.2) is 0 Å². The van der Waals surface area contributed by atoms with Gasteiger partial charge in [0, 0.05) is 17.8 Å². The van der Waals surface area contributed by atoms with Crippen molar-refractivity contribution < 1.29 is 0 Å². The van der Waals surface area contributed by atoms with Crippen LogP contribution < -0.4 is 5.32 Å². The van der Waals surface area contributed by atoms with Crippen molar-refractivity contribution in [2.45, 2.75) is 31.3 Å². The molecule has 0 radical (unpaired) electrons. The summed E-state index contributed by atoms with van der Waals surface area (Å²) in [5.41, 5.74) is 0. The van der Waals surface area contributed by atoms with E-state index in [0.717, 1.165) is 12.1 Å². The molecule has 52 valence electrons. The van der Waals surface area contributed by atoms with Crippen molar-refractivity contribution in [3.05, 3.63) is 0 Å². The van der Waals surface area contributed by atoms with Gasteiger partial charge in [0.1, 0.15) is 0 Å². The maximum Gasteiger partial charge on any atom is 0.0161 e. The largest absolute Gasteiger partial charge is 0.310 e. The number of fused-ring (bicyclic) bond motifs is 2. The lowest BCUT2D eigenvalue weighted by molar-refractivity contribution is 0.563. The van der Waals surface area contributed by atoms with Gasteiger partial charge in [0.2, 0.25) is 0 Å². The van der Waals surface area contributed by atoms with Gasteiger partial charge in [0.25, 0.3) is 0 Å². The van der Waals surface area contributed by atoms with Crippen LogP contribution in [0.4, 0.5) is 0 Å². The highest BCUT2D eigenvalue weighted by atomic mass is 32.2. The summed E-state index contributed by atoms with van der Waals surface area (Å²) in [7, 11) is 0. The van der Waals surface area contributed by atoms with Crippen LogP contribution in [0.1, 0.15) is 19.3 Å². The summed E-state index contributed by atoms with van der Waals surface area (Å²) in [5, 5.41) is 3.63. The van der Waals surface area contributed by atoms with Crippen LogP contribution in [-0.4, -0.2) is 23.6 Å². The Labute approximate surface area is 60.6 Å². The van der Waals surface area contributed by atoms with Crippen molar-refractivity contribution in [1.29, 1.82) is 0 Å². The lowest BCUT2D eigenvalue weighted by Gasteiger charge is -2.05. The molecule has 1 N–H and O–H groups in total. The molecule has 0 aromatic heterocycles. The van der Waals surface area contributed by atoms with Crippen molar-refractivity contribution in [3.8, 4) is 0 Å². The zero-order valence-electron chi connectivity index (χ0n) is 5.60. The molecule has 0 aromatic carbocycles. The SMILES string of the molecule is C1CC2CCC(CS1)N2. The maximum absolute atomic E-state index is 3.63. The van der Waals surface area contributed by atoms with Gasteiger partial charge in [-0.25, -0.2) is 0 Å². The second-order valence-corrected chi connectivity index (χ2v) is 4.15. The Morgan fingerprint density at radius 2 is 2.00 bits per heavy atom. The molecule has 2 unspecified atom stereocenters. The van der Waals surface area contributed by atoms with Gasteiger partial charge in [-0.3, -0.25) is 0 Å². The van der Waals surface area contributed by atoms with Crippen LogP contribution in [0.25, 0.3) is 0 Å². The summed E-state index contributed by atoms with van der Waals surface area (Å²) in [6.45, 7) is 0. The Balaban J connectivity index is 1.99. The van der Waals surface area contributed by atoms with Crippen molar-refractivity contribution in [3.63, 3.8) is 0 Å². The maximum atomic E-state index is 3.63. The zero-order chi connectivity index (χ0) is 6.10. The van der Waals surface area contributed by atoms with E-state index in [1.54, 1.807) is 0 Å². The third-order valence-corrected chi connectivity index (χ3v) is 3.43. The van der Waals surface area contributed by atoms with Crippen molar-refractivity contribution in [2.75, 3.05) is 11.5 Å². The first-order valence-electron chi connectivity index (χ1n) is 3.79. The van der Waals surface area contributed by atoms with Crippen molar-refractivity contribution in [1.82, 2.24) is 5.32 Å². The highest BCUT2D eigenvalue weighted by Gasteiger charge is 2.25. The number of hydrogen-bond acceptors (Lipinski definition) is 2. The molecule has 1 nitrogen and oxygen atoms in total. The summed E-state index contributed by atoms with van der Waals surface area (Å²) in [6, 6.07) is 1.74. The fourth-order valence-corrected chi connectivity index (χ4v) is 2.88. The number of rotatable bonds is 0. The fraction of sp³-hybridized carbons (Fsp3) is 1.00. The summed E-state index contributed by atoms with van der Waals surface area (Å²) in [4.78, 5) is 0. The molecular weight excluding hydrogens is 130 g/mol. The van der Waals surface area contributed by atoms with Gasteiger partial charge in [-0.05, 0) is 25.0 Å². The molecule has 0 aliphatic carbocycles. The highest BCUT2D eigenvalue weighted by molar-refractivity contribution is 7.99. The first-order chi connectivity index (χ1) is 4.45. The van der Waals surface area contributed by atoms with E-state index in [-0.39, 0.29) is 0 Å². The van der Waals surface area contributed by atoms with Crippen LogP contribution in [-0.2, 0) is 0 Å². The summed E-state index contributed by atoms with van der Waals surface area (Å²) in [5.74, 6) is 2.74. The Bertz CT molecular complexity index is 93.1. The monoisotopic (exact) mass is 143 g/mol. The lowest BCUT2D eigenvalue weighted by Crippen LogP contribution is -2.28. The zero-order valence-corrected chi connectivity index (χ0v) is 6.41. The van der Waals surface area contributed by atoms with E-state index < -0.39 is 0 Å². The molecule has 2 atom stereocenters. The van der Waals surface area contributed by atoms with E-state index in [0.29, 0.717) is 0 Å². The predicted octanol–water partition coefficient (Wildman–Crippen LogP) is 1.24. The number of thioether (sulfide) groups is 1. The molecule has 2 fully saturated rings. The normalized spacial score (nSPS) is 42.7. The average molecular weight is 143 g/mol. The molecule has 2 saturated heterocycles. The van der Waals surface area contributed by atoms with Crippen molar-refractivity contribution in [2.24, 2.45) is 0 Å². The van der Waals surface area contributed by atoms with Crippen LogP contribution in [0.2, 0.25) is 0 Å². The molecule has 0 spiro atoms. The molecule has 0 aromatic rings. The summed E-state index contributed by atoms with van der Waals surface area (Å²) in [6.07, 6.45) is 4.27. The molecule has 2 aliphatic heterocycles. The second-order valence-electron chi connectivity index (χ2n) is 3.00. The topological polar surface area (TPSA) is 12.0 Å². The molecule has 0 saturated carbocycles. The van der Waals surface area contributed by atoms with Crippen LogP contribution >= 0.6 is 11.8 Å². The molecule has 0 amide bonds. The van der Waals surface area contributed by atoms with Crippen LogP contribution in [0.3, 0.4) is 0 Å². The standard InChI is InChI=1S/C7H13NS/c1-2-7-5-9-4-3-6(1)8-7/h6-8H,1-5H2. The van der Waals surface area contributed by atoms with Crippen LogP contribution in [0.15, 0.2) is 0 Å². The van der Waals surface area contributed by atoms with E-state index in [4.69, 9.17) is 0 Å². The van der Waals surface area contributed by atoms with Gasteiger partial charge in [-0.2, -0.15) is 11.8 Å². The molecular formula is C7H13NS. The average Bonchev–Trinajstić information content (AvgIpc) is 2.09. The van der Waals surface area contributed by atoms with E-state index in [9.17, 15) is 0 Å². The highest BCUT2D eigenvalue weighted by Crippen LogP contribution is 2.23. The number of hydrogen-bond donors (Lipinski definition) is 1. The fourth-order valence-electron chi connectivity index (χ4n) is 1.71. The first-order valence-corrected chi connectivity index (χ1v) is 4.94. The molecule has 2 heteroatoms. The Hall–Kier alpha value is 0.310. The van der Waals surface area contributed by atoms with Gasteiger partial charge in [0.05, 0.1) is 0 Å². The quantitative estimate of drug-likeness (QED) is 0.547. The lowest BCUT2D eigenvalue weighted by atomic mass is 10.2. The Kier molecular flexibility index (Phi) is 1.68. The van der Waals surface area contributed by atoms with E-state index >= 15 is 0 Å². The van der Waals surface area contributed by atoms with E-state index in [1.807, 2.05) is 0 Å². The minimum absolute atomic E-state index is 0.863. The Morgan fingerprint density at radius 3 is 3.00 bits per heavy atom. The van der Waals surface area contributed by atoms with Crippen LogP contribution in [0, 0.1) is 0 Å².